The molecule has 4 rings (SSSR count). The van der Waals surface area contributed by atoms with Crippen LogP contribution in [0.3, 0.4) is 0 Å². The molecule has 0 bridgehead atoms. The molecule has 1 N–H and O–H groups in total. The van der Waals surface area contributed by atoms with Crippen molar-refractivity contribution >= 4 is 17.6 Å². The molecule has 176 valence electrons. The van der Waals surface area contributed by atoms with Crippen LogP contribution in [0.4, 0.5) is 5.95 Å². The van der Waals surface area contributed by atoms with Crippen molar-refractivity contribution in [2.45, 2.75) is 18.8 Å². The van der Waals surface area contributed by atoms with Crippen LogP contribution in [0.1, 0.15) is 44.3 Å². The van der Waals surface area contributed by atoms with Crippen molar-refractivity contribution in [2.75, 3.05) is 33.8 Å². The van der Waals surface area contributed by atoms with Gasteiger partial charge < -0.3 is 18.9 Å². The number of hydrogen-bond acceptors (Lipinski definition) is 8. The van der Waals surface area contributed by atoms with Gasteiger partial charge in [-0.3, -0.25) is 14.9 Å². The van der Waals surface area contributed by atoms with Crippen LogP contribution in [0.2, 0.25) is 0 Å². The number of anilines is 1. The van der Waals surface area contributed by atoms with E-state index >= 15 is 0 Å². The molecule has 0 aliphatic heterocycles. The SMILES string of the molecule is COc1cccc(C(=O)Nc2ncc3c(n2)C[C@@H](c2cc(OC)c(OC)c(OC)c2)CC3=O)c1. The van der Waals surface area contributed by atoms with E-state index < -0.39 is 0 Å². The molecule has 3 aromatic rings. The van der Waals surface area contributed by atoms with Crippen molar-refractivity contribution in [2.24, 2.45) is 0 Å². The van der Waals surface area contributed by atoms with Crippen LogP contribution in [-0.4, -0.2) is 50.1 Å². The lowest BCUT2D eigenvalue weighted by molar-refractivity contribution is 0.0962. The van der Waals surface area contributed by atoms with Gasteiger partial charge in [0, 0.05) is 18.2 Å². The first-order chi connectivity index (χ1) is 16.5. The second-order valence-electron chi connectivity index (χ2n) is 7.73. The largest absolute Gasteiger partial charge is 0.497 e. The Morgan fingerprint density at radius 3 is 2.35 bits per heavy atom. The minimum atomic E-state index is -0.373. The van der Waals surface area contributed by atoms with Crippen LogP contribution in [0, 0.1) is 0 Å². The molecule has 1 aromatic heterocycles. The zero-order valence-corrected chi connectivity index (χ0v) is 19.4. The van der Waals surface area contributed by atoms with Gasteiger partial charge in [-0.15, -0.1) is 0 Å². The fraction of sp³-hybridized carbons (Fsp3) is 0.280. The maximum Gasteiger partial charge on any atom is 0.258 e. The number of Topliss-reactive ketones (excluding diaryl/α,β-unsaturated/α-hetero) is 1. The van der Waals surface area contributed by atoms with Crippen LogP contribution in [0.15, 0.2) is 42.6 Å². The molecule has 0 fully saturated rings. The number of ether oxygens (including phenoxy) is 4. The van der Waals surface area contributed by atoms with E-state index in [0.29, 0.717) is 52.7 Å². The lowest BCUT2D eigenvalue weighted by atomic mass is 9.82. The topological polar surface area (TPSA) is 109 Å². The molecule has 0 spiro atoms. The number of rotatable bonds is 7. The number of nitrogens with zero attached hydrogens (tertiary/aromatic N) is 2. The number of benzene rings is 2. The normalized spacial score (nSPS) is 14.7. The van der Waals surface area contributed by atoms with E-state index in [1.54, 1.807) is 45.6 Å². The Kier molecular flexibility index (Phi) is 6.62. The second-order valence-corrected chi connectivity index (χ2v) is 7.73. The highest BCUT2D eigenvalue weighted by molar-refractivity contribution is 6.04. The second kappa shape index (κ2) is 9.78. The van der Waals surface area contributed by atoms with Crippen molar-refractivity contribution in [1.82, 2.24) is 9.97 Å². The quantitative estimate of drug-likeness (QED) is 0.565. The standard InChI is InChI=1S/C25H25N3O6/c1-31-17-7-5-6-14(8-17)24(30)28-25-26-13-18-19(27-25)9-15(10-20(18)29)16-11-21(32-2)23(34-4)22(12-16)33-3/h5-8,11-13,15H,9-10H2,1-4H3,(H,26,27,28,30)/t15-/m1/s1. The monoisotopic (exact) mass is 463 g/mol. The van der Waals surface area contributed by atoms with Crippen LogP contribution in [-0.2, 0) is 6.42 Å². The third kappa shape index (κ3) is 4.50. The Balaban J connectivity index is 1.60. The Labute approximate surface area is 197 Å². The molecule has 1 heterocycles. The number of carbonyl (C=O) groups is 2. The number of aromatic nitrogens is 2. The van der Waals surface area contributed by atoms with Gasteiger partial charge in [-0.05, 0) is 48.2 Å². The molecule has 0 radical (unpaired) electrons. The minimum Gasteiger partial charge on any atom is -0.497 e. The summed E-state index contributed by atoms with van der Waals surface area (Å²) in [5.74, 6) is 1.63. The maximum absolute atomic E-state index is 12.9. The van der Waals surface area contributed by atoms with Gasteiger partial charge in [0.05, 0.1) is 39.7 Å². The van der Waals surface area contributed by atoms with Gasteiger partial charge in [0.15, 0.2) is 17.3 Å². The molecule has 1 aliphatic carbocycles. The van der Waals surface area contributed by atoms with Crippen molar-refractivity contribution in [1.29, 1.82) is 0 Å². The van der Waals surface area contributed by atoms with Crippen LogP contribution in [0.5, 0.6) is 23.0 Å². The molecule has 2 aromatic carbocycles. The molecule has 9 heteroatoms. The van der Waals surface area contributed by atoms with Crippen LogP contribution in [0.25, 0.3) is 0 Å². The van der Waals surface area contributed by atoms with E-state index in [4.69, 9.17) is 18.9 Å². The lowest BCUT2D eigenvalue weighted by Crippen LogP contribution is -2.22. The molecular weight excluding hydrogens is 438 g/mol. The van der Waals surface area contributed by atoms with Gasteiger partial charge in [-0.25, -0.2) is 9.97 Å². The highest BCUT2D eigenvalue weighted by Gasteiger charge is 2.30. The number of nitrogens with one attached hydrogen (secondary N) is 1. The number of fused-ring (bicyclic) bond motifs is 1. The van der Waals surface area contributed by atoms with Gasteiger partial charge in [0.25, 0.3) is 5.91 Å². The first-order valence-corrected chi connectivity index (χ1v) is 10.6. The molecule has 1 atom stereocenters. The van der Waals surface area contributed by atoms with E-state index in [9.17, 15) is 9.59 Å². The molecule has 0 saturated heterocycles. The molecule has 1 aliphatic rings. The number of hydrogen-bond donors (Lipinski definition) is 1. The summed E-state index contributed by atoms with van der Waals surface area (Å²) < 4.78 is 21.5. The van der Waals surface area contributed by atoms with Crippen LogP contribution < -0.4 is 24.3 Å². The number of methoxy groups -OCH3 is 4. The van der Waals surface area contributed by atoms with Crippen molar-refractivity contribution in [3.05, 3.63) is 65.0 Å². The molecule has 1 amide bonds. The maximum atomic E-state index is 12.9. The van der Waals surface area contributed by atoms with E-state index in [2.05, 4.69) is 15.3 Å². The summed E-state index contributed by atoms with van der Waals surface area (Å²) in [6, 6.07) is 10.5. The molecule has 0 saturated carbocycles. The Morgan fingerprint density at radius 2 is 1.71 bits per heavy atom. The zero-order chi connectivity index (χ0) is 24.2. The van der Waals surface area contributed by atoms with Crippen LogP contribution >= 0.6 is 0 Å². The Bertz CT molecular complexity index is 1220. The fourth-order valence-corrected chi connectivity index (χ4v) is 4.02. The summed E-state index contributed by atoms with van der Waals surface area (Å²) in [6.07, 6.45) is 2.26. The van der Waals surface area contributed by atoms with Gasteiger partial charge in [0.1, 0.15) is 5.75 Å². The Hall–Kier alpha value is -4.14. The smallest absolute Gasteiger partial charge is 0.258 e. The number of carbonyl (C=O) groups excluding carboxylic acids is 2. The van der Waals surface area contributed by atoms with Crippen molar-refractivity contribution in [3.8, 4) is 23.0 Å². The highest BCUT2D eigenvalue weighted by atomic mass is 16.5. The van der Waals surface area contributed by atoms with Gasteiger partial charge in [0.2, 0.25) is 11.7 Å². The molecule has 9 nitrogen and oxygen atoms in total. The summed E-state index contributed by atoms with van der Waals surface area (Å²) in [7, 11) is 6.17. The van der Waals surface area contributed by atoms with Crippen molar-refractivity contribution < 1.29 is 28.5 Å². The summed E-state index contributed by atoms with van der Waals surface area (Å²) in [6.45, 7) is 0. The summed E-state index contributed by atoms with van der Waals surface area (Å²) in [4.78, 5) is 34.2. The lowest BCUT2D eigenvalue weighted by Gasteiger charge is -2.24. The zero-order valence-electron chi connectivity index (χ0n) is 19.4. The summed E-state index contributed by atoms with van der Waals surface area (Å²) >= 11 is 0. The highest BCUT2D eigenvalue weighted by Crippen LogP contribution is 2.42. The van der Waals surface area contributed by atoms with Crippen molar-refractivity contribution in [3.63, 3.8) is 0 Å². The first-order valence-electron chi connectivity index (χ1n) is 10.6. The summed E-state index contributed by atoms with van der Waals surface area (Å²) in [5, 5.41) is 2.70. The van der Waals surface area contributed by atoms with Gasteiger partial charge in [-0.2, -0.15) is 0 Å². The predicted octanol–water partition coefficient (Wildman–Crippen LogP) is 3.68. The number of ketones is 1. The van der Waals surface area contributed by atoms with E-state index in [-0.39, 0.29) is 23.6 Å². The van der Waals surface area contributed by atoms with E-state index in [1.807, 2.05) is 12.1 Å². The average molecular weight is 463 g/mol. The fourth-order valence-electron chi connectivity index (χ4n) is 4.02. The van der Waals surface area contributed by atoms with E-state index in [0.717, 1.165) is 5.56 Å². The van der Waals surface area contributed by atoms with Gasteiger partial charge in [-0.1, -0.05) is 6.07 Å². The minimum absolute atomic E-state index is 0.0642. The van der Waals surface area contributed by atoms with Gasteiger partial charge >= 0.3 is 0 Å². The summed E-state index contributed by atoms with van der Waals surface area (Å²) in [5.41, 5.74) is 2.31. The third-order valence-electron chi connectivity index (χ3n) is 5.76. The average Bonchev–Trinajstić information content (AvgIpc) is 2.87. The van der Waals surface area contributed by atoms with E-state index in [1.165, 1.54) is 13.3 Å². The molecule has 34 heavy (non-hydrogen) atoms. The molecule has 0 unspecified atom stereocenters. The molecular formula is C25H25N3O6. The first kappa shape index (κ1) is 23.0. The number of amides is 1. The predicted molar refractivity (Wildman–Crippen MR) is 124 cm³/mol. The Morgan fingerprint density at radius 1 is 0.971 bits per heavy atom. The third-order valence-corrected chi connectivity index (χ3v) is 5.76.